The second kappa shape index (κ2) is 8.93. The van der Waals surface area contributed by atoms with Crippen LogP contribution in [-0.2, 0) is 10.0 Å². The Balaban J connectivity index is 1.55. The lowest BCUT2D eigenvalue weighted by atomic mass is 10.0. The van der Waals surface area contributed by atoms with Gasteiger partial charge in [-0.25, -0.2) is 12.7 Å². The number of hydrogen-bond donors (Lipinski definition) is 2. The molecule has 1 atom stereocenters. The van der Waals surface area contributed by atoms with Gasteiger partial charge in [0, 0.05) is 25.2 Å². The van der Waals surface area contributed by atoms with Crippen LogP contribution >= 0.6 is 0 Å². The predicted molar refractivity (Wildman–Crippen MR) is 123 cm³/mol. The lowest BCUT2D eigenvalue weighted by molar-refractivity contribution is 0.102. The van der Waals surface area contributed by atoms with Crippen molar-refractivity contribution in [1.82, 2.24) is 24.3 Å². The van der Waals surface area contributed by atoms with Gasteiger partial charge in [0.05, 0.1) is 29.7 Å². The number of aromatic nitrogens is 4. The molecule has 2 aromatic carbocycles. The Kier molecular flexibility index (Phi) is 6.06. The predicted octanol–water partition coefficient (Wildman–Crippen LogP) is 2.88. The van der Waals surface area contributed by atoms with Crippen LogP contribution in [0.25, 0.3) is 10.9 Å². The van der Waals surface area contributed by atoms with E-state index >= 15 is 0 Å². The molecule has 0 spiro atoms. The van der Waals surface area contributed by atoms with E-state index in [9.17, 15) is 13.2 Å². The number of aromatic amines is 1. The molecule has 0 bridgehead atoms. The van der Waals surface area contributed by atoms with E-state index in [1.807, 2.05) is 54.6 Å². The zero-order valence-electron chi connectivity index (χ0n) is 17.8. The summed E-state index contributed by atoms with van der Waals surface area (Å²) in [6.45, 7) is 0.333. The Hall–Kier alpha value is -3.50. The van der Waals surface area contributed by atoms with Crippen LogP contribution in [0.15, 0.2) is 67.0 Å². The average molecular weight is 453 g/mol. The third-order valence-corrected chi connectivity index (χ3v) is 6.65. The van der Waals surface area contributed by atoms with Crippen molar-refractivity contribution in [3.63, 3.8) is 0 Å². The minimum Gasteiger partial charge on any atom is -0.318 e. The van der Waals surface area contributed by atoms with Gasteiger partial charge in [-0.3, -0.25) is 14.6 Å². The summed E-state index contributed by atoms with van der Waals surface area (Å²) in [7, 11) is -1.72. The van der Waals surface area contributed by atoms with E-state index in [0.717, 1.165) is 16.5 Å². The molecule has 32 heavy (non-hydrogen) atoms. The summed E-state index contributed by atoms with van der Waals surface area (Å²) in [5.41, 5.74) is 2.61. The summed E-state index contributed by atoms with van der Waals surface area (Å²) in [6.07, 6.45) is 5.02. The zero-order chi connectivity index (χ0) is 22.7. The largest absolute Gasteiger partial charge is 0.318 e. The maximum Gasteiger partial charge on any atom is 0.276 e. The lowest BCUT2D eigenvalue weighted by Gasteiger charge is -2.21. The number of carbonyl (C=O) groups excluding carboxylic acids is 1. The molecule has 0 radical (unpaired) electrons. The molecule has 0 aliphatic heterocycles. The number of nitrogens with one attached hydrogen (secondary N) is 2. The highest BCUT2D eigenvalue weighted by Gasteiger charge is 2.20. The summed E-state index contributed by atoms with van der Waals surface area (Å²) in [4.78, 5) is 12.8. The van der Waals surface area contributed by atoms with Gasteiger partial charge in [0.1, 0.15) is 0 Å². The van der Waals surface area contributed by atoms with Gasteiger partial charge in [-0.2, -0.15) is 10.2 Å². The molecule has 4 rings (SSSR count). The number of anilines is 1. The normalized spacial score (nSPS) is 12.8. The van der Waals surface area contributed by atoms with Gasteiger partial charge in [-0.15, -0.1) is 0 Å². The van der Waals surface area contributed by atoms with E-state index in [1.165, 1.54) is 10.6 Å². The smallest absolute Gasteiger partial charge is 0.276 e. The van der Waals surface area contributed by atoms with Crippen LogP contribution in [0, 0.1) is 0 Å². The molecule has 0 saturated carbocycles. The van der Waals surface area contributed by atoms with Crippen LogP contribution in [0.4, 0.5) is 5.69 Å². The number of rotatable bonds is 8. The maximum absolute atomic E-state index is 12.8. The topological polar surface area (TPSA) is 113 Å². The van der Waals surface area contributed by atoms with E-state index in [2.05, 4.69) is 20.6 Å². The van der Waals surface area contributed by atoms with Gasteiger partial charge in [0.2, 0.25) is 10.0 Å². The number of nitrogens with zero attached hydrogens (tertiary/aromatic N) is 4. The SMILES string of the molecule is CN(CCC(c1ccccc1)n1cc(NC(=O)c2n[nH]c3ccccc23)cn1)S(C)(=O)=O. The first kappa shape index (κ1) is 21.7. The molecule has 0 aliphatic rings. The Morgan fingerprint density at radius 3 is 2.62 bits per heavy atom. The molecule has 10 heteroatoms. The van der Waals surface area contributed by atoms with Crippen molar-refractivity contribution in [2.45, 2.75) is 12.5 Å². The van der Waals surface area contributed by atoms with Crippen LogP contribution in [-0.4, -0.2) is 58.5 Å². The molecule has 0 saturated heterocycles. The summed E-state index contributed by atoms with van der Waals surface area (Å²) in [6, 6.07) is 16.9. The van der Waals surface area contributed by atoms with Crippen molar-refractivity contribution in [2.24, 2.45) is 0 Å². The number of fused-ring (bicyclic) bond motifs is 1. The van der Waals surface area contributed by atoms with E-state index < -0.39 is 10.0 Å². The number of amides is 1. The molecule has 2 aromatic heterocycles. The Bertz CT molecular complexity index is 1330. The molecule has 4 aromatic rings. The highest BCUT2D eigenvalue weighted by molar-refractivity contribution is 7.88. The van der Waals surface area contributed by atoms with Gasteiger partial charge in [0.15, 0.2) is 5.69 Å². The third kappa shape index (κ3) is 4.71. The van der Waals surface area contributed by atoms with E-state index in [-0.39, 0.29) is 11.9 Å². The van der Waals surface area contributed by atoms with Gasteiger partial charge in [0.25, 0.3) is 5.91 Å². The summed E-state index contributed by atoms with van der Waals surface area (Å²) in [5.74, 6) is -0.338. The number of hydrogen-bond acceptors (Lipinski definition) is 5. The third-order valence-electron chi connectivity index (χ3n) is 5.33. The molecule has 2 heterocycles. The summed E-state index contributed by atoms with van der Waals surface area (Å²) >= 11 is 0. The van der Waals surface area contributed by atoms with E-state index in [1.54, 1.807) is 24.1 Å². The van der Waals surface area contributed by atoms with E-state index in [0.29, 0.717) is 24.3 Å². The van der Waals surface area contributed by atoms with Gasteiger partial charge in [-0.05, 0) is 18.1 Å². The molecule has 1 unspecified atom stereocenters. The van der Waals surface area contributed by atoms with Crippen LogP contribution in [0.5, 0.6) is 0 Å². The van der Waals surface area contributed by atoms with E-state index in [4.69, 9.17) is 0 Å². The maximum atomic E-state index is 12.8. The van der Waals surface area contributed by atoms with Gasteiger partial charge >= 0.3 is 0 Å². The fraction of sp³-hybridized carbons (Fsp3) is 0.227. The van der Waals surface area contributed by atoms with Crippen molar-refractivity contribution >= 4 is 32.5 Å². The minimum atomic E-state index is -3.28. The van der Waals surface area contributed by atoms with Crippen LogP contribution in [0.3, 0.4) is 0 Å². The second-order valence-corrected chi connectivity index (χ2v) is 9.67. The first-order valence-electron chi connectivity index (χ1n) is 10.1. The highest BCUT2D eigenvalue weighted by Crippen LogP contribution is 2.24. The van der Waals surface area contributed by atoms with Crippen molar-refractivity contribution in [3.05, 3.63) is 78.2 Å². The molecular formula is C22H24N6O3S. The lowest BCUT2D eigenvalue weighted by Crippen LogP contribution is -2.28. The molecular weight excluding hydrogens is 428 g/mol. The molecule has 2 N–H and O–H groups in total. The quantitative estimate of drug-likeness (QED) is 0.427. The van der Waals surface area contributed by atoms with Crippen molar-refractivity contribution in [3.8, 4) is 0 Å². The second-order valence-electron chi connectivity index (χ2n) is 7.58. The fourth-order valence-electron chi connectivity index (χ4n) is 3.50. The van der Waals surface area contributed by atoms with Crippen molar-refractivity contribution in [2.75, 3.05) is 25.2 Å². The zero-order valence-corrected chi connectivity index (χ0v) is 18.6. The number of benzene rings is 2. The standard InChI is InChI=1S/C22H24N6O3S/c1-27(32(2,30)31)13-12-20(16-8-4-3-5-9-16)28-15-17(14-23-28)24-22(29)21-18-10-6-7-11-19(18)25-26-21/h3-11,14-15,20H,12-13H2,1-2H3,(H,24,29)(H,25,26). The number of H-pyrrole nitrogens is 1. The average Bonchev–Trinajstić information content (AvgIpc) is 3.41. The van der Waals surface area contributed by atoms with Gasteiger partial charge < -0.3 is 5.32 Å². The summed E-state index contributed by atoms with van der Waals surface area (Å²) < 4.78 is 26.6. The first-order chi connectivity index (χ1) is 15.3. The monoisotopic (exact) mass is 452 g/mol. The van der Waals surface area contributed by atoms with Gasteiger partial charge in [-0.1, -0.05) is 48.5 Å². The molecule has 0 aliphatic carbocycles. The van der Waals surface area contributed by atoms with Crippen LogP contribution in [0.2, 0.25) is 0 Å². The molecule has 9 nitrogen and oxygen atoms in total. The minimum absolute atomic E-state index is 0.197. The number of sulfonamides is 1. The van der Waals surface area contributed by atoms with Crippen LogP contribution < -0.4 is 5.32 Å². The van der Waals surface area contributed by atoms with Crippen LogP contribution in [0.1, 0.15) is 28.5 Å². The fourth-order valence-corrected chi connectivity index (χ4v) is 3.93. The number of para-hydroxylation sites is 1. The Morgan fingerprint density at radius 1 is 1.16 bits per heavy atom. The first-order valence-corrected chi connectivity index (χ1v) is 11.9. The molecule has 0 fully saturated rings. The Morgan fingerprint density at radius 2 is 1.88 bits per heavy atom. The van der Waals surface area contributed by atoms with Crippen molar-refractivity contribution < 1.29 is 13.2 Å². The highest BCUT2D eigenvalue weighted by atomic mass is 32.2. The Labute approximate surface area is 186 Å². The summed E-state index contributed by atoms with van der Waals surface area (Å²) in [5, 5.41) is 15.0. The molecule has 166 valence electrons. The van der Waals surface area contributed by atoms with Crippen molar-refractivity contribution in [1.29, 1.82) is 0 Å². The number of carbonyl (C=O) groups is 1. The molecule has 1 amide bonds.